The van der Waals surface area contributed by atoms with E-state index in [0.717, 1.165) is 11.4 Å². The maximum atomic E-state index is 12.7. The van der Waals surface area contributed by atoms with Crippen LogP contribution in [0.15, 0.2) is 24.5 Å². The van der Waals surface area contributed by atoms with Crippen molar-refractivity contribution >= 4 is 17.3 Å². The van der Waals surface area contributed by atoms with E-state index in [-0.39, 0.29) is 17.2 Å². The van der Waals surface area contributed by atoms with Crippen LogP contribution in [-0.2, 0) is 11.3 Å². The predicted molar refractivity (Wildman–Crippen MR) is 123 cm³/mol. The molecule has 2 atom stereocenters. The normalized spacial score (nSPS) is 21.5. The summed E-state index contributed by atoms with van der Waals surface area (Å²) in [5, 5.41) is 10.7. The second-order valence-electron chi connectivity index (χ2n) is 9.49. The van der Waals surface area contributed by atoms with E-state index in [0.29, 0.717) is 36.5 Å². The van der Waals surface area contributed by atoms with Gasteiger partial charge >= 0.3 is 12.6 Å². The SMILES string of the molecule is CC#CC[C@@]1(C(=O)O)C[C@@H](C(C)(C)C)CN(Cc2cnc(-c3cccnc3OC(F)F)s2)C1. The third kappa shape index (κ3) is 6.06. The minimum absolute atomic E-state index is 0.0604. The fourth-order valence-electron chi connectivity index (χ4n) is 4.18. The standard InChI is InChI=1S/C24H29F2N3O3S/c1-5-6-9-24(21(30)31)11-16(23(2,3)4)13-29(15-24)14-17-12-28-20(33-17)18-8-7-10-27-19(18)32-22(25)26/h7-8,10,12,16,22H,9,11,13-15H2,1-4H3,(H,30,31)/t16-,24-/m1/s1. The van der Waals surface area contributed by atoms with Crippen LogP contribution in [-0.4, -0.2) is 45.6 Å². The Bertz CT molecular complexity index is 1040. The van der Waals surface area contributed by atoms with Crippen LogP contribution in [0, 0.1) is 28.6 Å². The zero-order valence-corrected chi connectivity index (χ0v) is 20.1. The molecular weight excluding hydrogens is 448 g/mol. The van der Waals surface area contributed by atoms with Crippen molar-refractivity contribution in [2.75, 3.05) is 13.1 Å². The molecule has 2 aromatic rings. The summed E-state index contributed by atoms with van der Waals surface area (Å²) in [6.07, 6.45) is 3.98. The van der Waals surface area contributed by atoms with E-state index in [9.17, 15) is 18.7 Å². The van der Waals surface area contributed by atoms with Crippen molar-refractivity contribution < 1.29 is 23.4 Å². The van der Waals surface area contributed by atoms with Crippen molar-refractivity contribution in [2.45, 2.75) is 53.7 Å². The van der Waals surface area contributed by atoms with Gasteiger partial charge in [0.2, 0.25) is 5.88 Å². The molecule has 178 valence electrons. The highest BCUT2D eigenvalue weighted by molar-refractivity contribution is 7.15. The fraction of sp³-hybridized carbons (Fsp3) is 0.542. The zero-order valence-electron chi connectivity index (χ0n) is 19.3. The van der Waals surface area contributed by atoms with E-state index >= 15 is 0 Å². The number of ether oxygens (including phenoxy) is 1. The molecule has 0 aliphatic carbocycles. The van der Waals surface area contributed by atoms with Gasteiger partial charge in [-0.2, -0.15) is 8.78 Å². The lowest BCUT2D eigenvalue weighted by atomic mass is 9.66. The molecule has 0 unspecified atom stereocenters. The van der Waals surface area contributed by atoms with E-state index in [1.807, 2.05) is 0 Å². The number of nitrogens with zero attached hydrogens (tertiary/aromatic N) is 3. The summed E-state index contributed by atoms with van der Waals surface area (Å²) in [5.41, 5.74) is -0.595. The number of aromatic nitrogens is 2. The smallest absolute Gasteiger partial charge is 0.388 e. The molecule has 0 bridgehead atoms. The quantitative estimate of drug-likeness (QED) is 0.556. The molecule has 0 spiro atoms. The van der Waals surface area contributed by atoms with Crippen molar-refractivity contribution in [3.05, 3.63) is 29.4 Å². The monoisotopic (exact) mass is 477 g/mol. The number of alkyl halides is 2. The first-order valence-corrected chi connectivity index (χ1v) is 11.6. The minimum Gasteiger partial charge on any atom is -0.481 e. The molecule has 6 nitrogen and oxygen atoms in total. The molecule has 0 amide bonds. The van der Waals surface area contributed by atoms with Gasteiger partial charge in [-0.3, -0.25) is 9.69 Å². The summed E-state index contributed by atoms with van der Waals surface area (Å²) in [7, 11) is 0. The van der Waals surface area contributed by atoms with Crippen LogP contribution < -0.4 is 4.74 Å². The molecule has 33 heavy (non-hydrogen) atoms. The van der Waals surface area contributed by atoms with Gasteiger partial charge in [-0.15, -0.1) is 23.2 Å². The van der Waals surface area contributed by atoms with Crippen LogP contribution in [0.2, 0.25) is 0 Å². The Morgan fingerprint density at radius 1 is 1.42 bits per heavy atom. The number of hydrogen-bond donors (Lipinski definition) is 1. The van der Waals surface area contributed by atoms with Gasteiger partial charge in [0.05, 0.1) is 11.0 Å². The highest BCUT2D eigenvalue weighted by atomic mass is 32.1. The third-order valence-electron chi connectivity index (χ3n) is 6.06. The van der Waals surface area contributed by atoms with Gasteiger partial charge < -0.3 is 9.84 Å². The summed E-state index contributed by atoms with van der Waals surface area (Å²) < 4.78 is 30.0. The van der Waals surface area contributed by atoms with Crippen molar-refractivity contribution in [1.29, 1.82) is 0 Å². The molecule has 0 radical (unpaired) electrons. The van der Waals surface area contributed by atoms with Crippen molar-refractivity contribution in [3.63, 3.8) is 0 Å². The van der Waals surface area contributed by atoms with Crippen LogP contribution in [0.3, 0.4) is 0 Å². The molecule has 1 N–H and O–H groups in total. The molecule has 2 aromatic heterocycles. The molecular formula is C24H29F2N3O3S. The van der Waals surface area contributed by atoms with Crippen molar-refractivity contribution in [1.82, 2.24) is 14.9 Å². The Kier molecular flexibility index (Phi) is 7.70. The molecule has 3 heterocycles. The van der Waals surface area contributed by atoms with Gasteiger partial charge in [0.25, 0.3) is 0 Å². The van der Waals surface area contributed by atoms with Gasteiger partial charge in [-0.25, -0.2) is 9.97 Å². The maximum absolute atomic E-state index is 12.7. The number of aliphatic carboxylic acids is 1. The number of thiazole rings is 1. The average molecular weight is 478 g/mol. The molecule has 0 saturated carbocycles. The van der Waals surface area contributed by atoms with E-state index in [2.05, 4.69) is 52.2 Å². The Morgan fingerprint density at radius 2 is 2.18 bits per heavy atom. The summed E-state index contributed by atoms with van der Waals surface area (Å²) in [4.78, 5) is 23.7. The average Bonchev–Trinajstić information content (AvgIpc) is 3.19. The molecule has 3 rings (SSSR count). The number of pyridine rings is 1. The number of carboxylic acid groups (broad SMARTS) is 1. The summed E-state index contributed by atoms with van der Waals surface area (Å²) in [6.45, 7) is 6.83. The van der Waals surface area contributed by atoms with Gasteiger partial charge in [-0.1, -0.05) is 20.8 Å². The van der Waals surface area contributed by atoms with E-state index in [1.54, 1.807) is 25.3 Å². The second kappa shape index (κ2) is 10.1. The van der Waals surface area contributed by atoms with Crippen molar-refractivity contribution in [2.24, 2.45) is 16.7 Å². The number of hydrogen-bond acceptors (Lipinski definition) is 6. The van der Waals surface area contributed by atoms with Crippen LogP contribution in [0.5, 0.6) is 5.88 Å². The van der Waals surface area contributed by atoms with Gasteiger partial charge in [-0.05, 0) is 36.8 Å². The third-order valence-corrected chi connectivity index (χ3v) is 7.07. The van der Waals surface area contributed by atoms with Gasteiger partial charge in [0.15, 0.2) is 0 Å². The number of piperidine rings is 1. The first-order valence-electron chi connectivity index (χ1n) is 10.7. The maximum Gasteiger partial charge on any atom is 0.388 e. The number of likely N-dealkylation sites (tertiary alicyclic amines) is 1. The molecule has 1 aliphatic rings. The van der Waals surface area contributed by atoms with E-state index < -0.39 is 18.0 Å². The first kappa shape index (κ1) is 25.1. The van der Waals surface area contributed by atoms with Gasteiger partial charge in [0.1, 0.15) is 5.01 Å². The Balaban J connectivity index is 1.86. The Morgan fingerprint density at radius 3 is 2.82 bits per heavy atom. The summed E-state index contributed by atoms with van der Waals surface area (Å²) in [5.74, 6) is 5.03. The molecule has 9 heteroatoms. The number of carbonyl (C=O) groups is 1. The molecule has 1 fully saturated rings. The van der Waals surface area contributed by atoms with Crippen LogP contribution >= 0.6 is 11.3 Å². The lowest BCUT2D eigenvalue weighted by Gasteiger charge is -2.47. The van der Waals surface area contributed by atoms with E-state index in [4.69, 9.17) is 0 Å². The van der Waals surface area contributed by atoms with Crippen LogP contribution in [0.25, 0.3) is 10.6 Å². The first-order chi connectivity index (χ1) is 15.5. The van der Waals surface area contributed by atoms with Crippen molar-refractivity contribution in [3.8, 4) is 28.3 Å². The lowest BCUT2D eigenvalue weighted by molar-refractivity contribution is -0.155. The summed E-state index contributed by atoms with van der Waals surface area (Å²) in [6, 6.07) is 3.28. The fourth-order valence-corrected chi connectivity index (χ4v) is 5.15. The van der Waals surface area contributed by atoms with Gasteiger partial charge in [0, 0.05) is 43.3 Å². The van der Waals surface area contributed by atoms with Crippen LogP contribution in [0.1, 0.15) is 45.4 Å². The highest BCUT2D eigenvalue weighted by Gasteiger charge is 2.48. The lowest BCUT2D eigenvalue weighted by Crippen LogP contribution is -2.53. The zero-order chi connectivity index (χ0) is 24.2. The topological polar surface area (TPSA) is 75.5 Å². The largest absolute Gasteiger partial charge is 0.481 e. The summed E-state index contributed by atoms with van der Waals surface area (Å²) >= 11 is 1.36. The number of carboxylic acids is 1. The highest BCUT2D eigenvalue weighted by Crippen LogP contribution is 2.44. The second-order valence-corrected chi connectivity index (χ2v) is 10.6. The van der Waals surface area contributed by atoms with E-state index in [1.165, 1.54) is 17.5 Å². The Hall–Kier alpha value is -2.57. The predicted octanol–water partition coefficient (Wildman–Crippen LogP) is 5.16. The minimum atomic E-state index is -2.98. The number of rotatable bonds is 7. The Labute approximate surface area is 197 Å². The molecule has 1 saturated heterocycles. The molecule has 0 aromatic carbocycles. The van der Waals surface area contributed by atoms with Crippen LogP contribution in [0.4, 0.5) is 8.78 Å². The molecule has 1 aliphatic heterocycles. The number of halogens is 2.